The molecule has 3 aromatic carbocycles. The van der Waals surface area contributed by atoms with Crippen LogP contribution in [0, 0.1) is 0 Å². The number of benzene rings is 3. The molecule has 4 rings (SSSR count). The summed E-state index contributed by atoms with van der Waals surface area (Å²) in [7, 11) is 0. The summed E-state index contributed by atoms with van der Waals surface area (Å²) in [5.74, 6) is 3.77. The van der Waals surface area contributed by atoms with Gasteiger partial charge in [0.1, 0.15) is 12.6 Å². The summed E-state index contributed by atoms with van der Waals surface area (Å²) in [6, 6.07) is 21.6. The van der Waals surface area contributed by atoms with Crippen LogP contribution in [-0.2, 0) is 16.0 Å². The molecule has 1 aliphatic rings. The van der Waals surface area contributed by atoms with E-state index in [9.17, 15) is 14.7 Å². The van der Waals surface area contributed by atoms with Gasteiger partial charge in [-0.05, 0) is 39.9 Å². The van der Waals surface area contributed by atoms with E-state index in [1.807, 2.05) is 36.4 Å². The smallest absolute Gasteiger partial charge is 0.407 e. The third-order valence-corrected chi connectivity index (χ3v) is 5.48. The van der Waals surface area contributed by atoms with E-state index in [1.54, 1.807) is 24.3 Å². The number of ether oxygens (including phenoxy) is 1. The van der Waals surface area contributed by atoms with Gasteiger partial charge in [-0.25, -0.2) is 9.59 Å². The van der Waals surface area contributed by atoms with Crippen molar-refractivity contribution in [2.45, 2.75) is 18.4 Å². The molecule has 0 fully saturated rings. The number of carbonyl (C=O) groups excluding carboxylic acids is 1. The minimum absolute atomic E-state index is 0.0966. The number of hydrogen-bond acceptors (Lipinski definition) is 5. The molecule has 4 N–H and O–H groups in total. The Morgan fingerprint density at radius 3 is 2.12 bits per heavy atom. The maximum atomic E-state index is 12.4. The minimum Gasteiger partial charge on any atom is -0.480 e. The zero-order valence-electron chi connectivity index (χ0n) is 17.1. The number of carbonyl (C=O) groups is 2. The fourth-order valence-electron chi connectivity index (χ4n) is 3.98. The molecule has 0 aromatic heterocycles. The van der Waals surface area contributed by atoms with Crippen LogP contribution in [0.5, 0.6) is 0 Å². The molecule has 0 heterocycles. The minimum atomic E-state index is -1.15. The quantitative estimate of drug-likeness (QED) is 0.294. The predicted octanol–water partition coefficient (Wildman–Crippen LogP) is 4.18. The van der Waals surface area contributed by atoms with Crippen molar-refractivity contribution in [2.24, 2.45) is 16.2 Å². The van der Waals surface area contributed by atoms with Gasteiger partial charge in [0.15, 0.2) is 0 Å². The van der Waals surface area contributed by atoms with Crippen LogP contribution in [0.3, 0.4) is 0 Å². The molecule has 162 valence electrons. The van der Waals surface area contributed by atoms with Crippen LogP contribution >= 0.6 is 0 Å². The second-order valence-electron chi connectivity index (χ2n) is 7.45. The number of aliphatic carboxylic acids is 1. The SMILES string of the molecule is NN=Nc1ccc(C[C@H](NC(=O)OCC2c3ccccc3-c3ccccc32)C(=O)O)cc1. The fourth-order valence-corrected chi connectivity index (χ4v) is 3.98. The van der Waals surface area contributed by atoms with Crippen molar-refractivity contribution in [2.75, 3.05) is 6.61 Å². The van der Waals surface area contributed by atoms with Crippen molar-refractivity contribution in [3.63, 3.8) is 0 Å². The Kier molecular flexibility index (Phi) is 6.12. The van der Waals surface area contributed by atoms with E-state index in [0.717, 1.165) is 22.3 Å². The average molecular weight is 430 g/mol. The summed E-state index contributed by atoms with van der Waals surface area (Å²) in [6.45, 7) is 0.116. The van der Waals surface area contributed by atoms with Crippen molar-refractivity contribution in [3.8, 4) is 11.1 Å². The van der Waals surface area contributed by atoms with E-state index in [4.69, 9.17) is 10.6 Å². The lowest BCUT2D eigenvalue weighted by molar-refractivity contribution is -0.139. The van der Waals surface area contributed by atoms with Crippen molar-refractivity contribution in [1.29, 1.82) is 0 Å². The number of fused-ring (bicyclic) bond motifs is 3. The van der Waals surface area contributed by atoms with Crippen molar-refractivity contribution in [1.82, 2.24) is 5.32 Å². The Hall–Kier alpha value is -4.20. The first kappa shape index (κ1) is 21.0. The number of carboxylic acids is 1. The first-order valence-corrected chi connectivity index (χ1v) is 10.1. The van der Waals surface area contributed by atoms with Gasteiger partial charge in [-0.1, -0.05) is 65.9 Å². The number of hydrogen-bond donors (Lipinski definition) is 3. The molecular weight excluding hydrogens is 408 g/mol. The van der Waals surface area contributed by atoms with Gasteiger partial charge in [0.25, 0.3) is 0 Å². The second kappa shape index (κ2) is 9.30. The van der Waals surface area contributed by atoms with Crippen LogP contribution in [0.15, 0.2) is 83.1 Å². The second-order valence-corrected chi connectivity index (χ2v) is 7.45. The highest BCUT2D eigenvalue weighted by atomic mass is 16.5. The van der Waals surface area contributed by atoms with Gasteiger partial charge in [0, 0.05) is 12.3 Å². The Bertz CT molecular complexity index is 1120. The van der Waals surface area contributed by atoms with Gasteiger partial charge in [0.2, 0.25) is 0 Å². The molecule has 32 heavy (non-hydrogen) atoms. The van der Waals surface area contributed by atoms with E-state index in [2.05, 4.69) is 27.8 Å². The summed E-state index contributed by atoms with van der Waals surface area (Å²) < 4.78 is 5.45. The summed E-state index contributed by atoms with van der Waals surface area (Å²) in [5.41, 5.74) is 5.69. The van der Waals surface area contributed by atoms with Crippen molar-refractivity contribution in [3.05, 3.63) is 89.5 Å². The zero-order valence-corrected chi connectivity index (χ0v) is 17.1. The molecule has 0 spiro atoms. The molecule has 0 bridgehead atoms. The lowest BCUT2D eigenvalue weighted by Gasteiger charge is -2.17. The van der Waals surface area contributed by atoms with E-state index in [0.29, 0.717) is 11.3 Å². The predicted molar refractivity (Wildman–Crippen MR) is 118 cm³/mol. The molecule has 1 aliphatic carbocycles. The molecule has 0 saturated carbocycles. The summed E-state index contributed by atoms with van der Waals surface area (Å²) >= 11 is 0. The molecular formula is C24H22N4O4. The summed E-state index contributed by atoms with van der Waals surface area (Å²) in [4.78, 5) is 24.1. The number of nitrogens with zero attached hydrogens (tertiary/aromatic N) is 2. The van der Waals surface area contributed by atoms with Crippen LogP contribution in [-0.4, -0.2) is 29.8 Å². The Balaban J connectivity index is 1.41. The number of rotatable bonds is 7. The van der Waals surface area contributed by atoms with Gasteiger partial charge in [-0.3, -0.25) is 0 Å². The van der Waals surface area contributed by atoms with Gasteiger partial charge >= 0.3 is 12.1 Å². The van der Waals surface area contributed by atoms with Crippen LogP contribution in [0.25, 0.3) is 11.1 Å². The Morgan fingerprint density at radius 1 is 0.969 bits per heavy atom. The van der Waals surface area contributed by atoms with Crippen LogP contribution < -0.4 is 11.2 Å². The van der Waals surface area contributed by atoms with Crippen LogP contribution in [0.2, 0.25) is 0 Å². The fraction of sp³-hybridized carbons (Fsp3) is 0.167. The van der Waals surface area contributed by atoms with E-state index in [1.165, 1.54) is 0 Å². The monoisotopic (exact) mass is 430 g/mol. The molecule has 0 radical (unpaired) electrons. The van der Waals surface area contributed by atoms with Crippen LogP contribution in [0.1, 0.15) is 22.6 Å². The van der Waals surface area contributed by atoms with E-state index < -0.39 is 18.1 Å². The lowest BCUT2D eigenvalue weighted by Crippen LogP contribution is -2.42. The lowest BCUT2D eigenvalue weighted by atomic mass is 9.98. The van der Waals surface area contributed by atoms with Gasteiger partial charge < -0.3 is 21.0 Å². The Morgan fingerprint density at radius 2 is 1.56 bits per heavy atom. The average Bonchev–Trinajstić information content (AvgIpc) is 3.12. The van der Waals surface area contributed by atoms with Gasteiger partial charge in [-0.2, -0.15) is 0 Å². The molecule has 1 atom stereocenters. The van der Waals surface area contributed by atoms with Crippen molar-refractivity contribution >= 4 is 17.7 Å². The topological polar surface area (TPSA) is 126 Å². The van der Waals surface area contributed by atoms with Gasteiger partial charge in [0.05, 0.1) is 5.69 Å². The normalized spacial score (nSPS) is 13.4. The Labute approximate surface area is 184 Å². The largest absolute Gasteiger partial charge is 0.480 e. The molecule has 3 aromatic rings. The number of amides is 1. The third-order valence-electron chi connectivity index (χ3n) is 5.48. The van der Waals surface area contributed by atoms with Crippen molar-refractivity contribution < 1.29 is 19.4 Å². The highest BCUT2D eigenvalue weighted by Gasteiger charge is 2.29. The number of nitrogens with two attached hydrogens (primary N) is 1. The third kappa shape index (κ3) is 4.44. The standard InChI is InChI=1S/C24H22N4O4/c25-28-27-16-11-9-15(10-12-16)13-22(23(29)30)26-24(31)32-14-21-19-7-3-1-5-17(19)18-6-2-4-8-20(18)21/h1-12,21-22H,13-14H2,(H2,25,27)(H,26,31)(H,29,30)/t22-/m0/s1. The first-order chi connectivity index (χ1) is 15.6. The van der Waals surface area contributed by atoms with E-state index >= 15 is 0 Å². The first-order valence-electron chi connectivity index (χ1n) is 10.1. The molecule has 0 unspecified atom stereocenters. The van der Waals surface area contributed by atoms with E-state index in [-0.39, 0.29) is 18.9 Å². The molecule has 0 aliphatic heterocycles. The molecule has 8 nitrogen and oxygen atoms in total. The summed E-state index contributed by atoms with van der Waals surface area (Å²) in [5, 5.41) is 18.9. The zero-order chi connectivity index (χ0) is 22.5. The summed E-state index contributed by atoms with van der Waals surface area (Å²) in [6.07, 6.45) is -0.674. The molecule has 8 heteroatoms. The van der Waals surface area contributed by atoms with Crippen LogP contribution in [0.4, 0.5) is 10.5 Å². The molecule has 1 amide bonds. The number of carboxylic acid groups (broad SMARTS) is 1. The maximum Gasteiger partial charge on any atom is 0.407 e. The van der Waals surface area contributed by atoms with Gasteiger partial charge in [-0.15, -0.1) is 5.11 Å². The maximum absolute atomic E-state index is 12.4. The number of nitrogens with one attached hydrogen (secondary N) is 1. The highest BCUT2D eigenvalue weighted by molar-refractivity contribution is 5.81. The number of alkyl carbamates (subject to hydrolysis) is 1. The highest BCUT2D eigenvalue weighted by Crippen LogP contribution is 2.44. The molecule has 0 saturated heterocycles.